The number of fused-ring (bicyclic) bond motifs is 1. The van der Waals surface area contributed by atoms with Crippen molar-refractivity contribution in [2.24, 2.45) is 0 Å². The average molecular weight is 559 g/mol. The molecular formula is C29H26N4O2S3. The van der Waals surface area contributed by atoms with Gasteiger partial charge in [0.05, 0.1) is 11.4 Å². The summed E-state index contributed by atoms with van der Waals surface area (Å²) in [6, 6.07) is 23.4. The summed E-state index contributed by atoms with van der Waals surface area (Å²) in [6.45, 7) is 6.10. The van der Waals surface area contributed by atoms with Gasteiger partial charge in [-0.05, 0) is 74.4 Å². The van der Waals surface area contributed by atoms with Crippen LogP contribution < -0.4 is 10.9 Å². The third-order valence-electron chi connectivity index (χ3n) is 6.14. The van der Waals surface area contributed by atoms with Crippen molar-refractivity contribution in [2.45, 2.75) is 32.3 Å². The fraction of sp³-hybridized carbons (Fsp3) is 0.172. The standard InChI is InChI=1S/C29H26N4O2S3/c1-4-20-9-15-22(16-10-20)32-26-25(38-29(32)36)27(35)33(23-13-7-19(3)8-14-23)28(31-26)37-17-24(34)30-21-11-5-18(2)6-12-21/h5-16H,4,17H2,1-3H3,(H,30,34). The number of aromatic nitrogens is 3. The van der Waals surface area contributed by atoms with Gasteiger partial charge in [0.1, 0.15) is 4.70 Å². The second-order valence-corrected chi connectivity index (χ2v) is 11.5. The second-order valence-electron chi connectivity index (χ2n) is 8.95. The first kappa shape index (κ1) is 26.1. The molecule has 0 spiro atoms. The van der Waals surface area contributed by atoms with Gasteiger partial charge in [-0.3, -0.25) is 18.7 Å². The molecule has 0 aliphatic carbocycles. The number of hydrogen-bond acceptors (Lipinski definition) is 6. The first-order valence-corrected chi connectivity index (χ1v) is 14.4. The Labute approximate surface area is 234 Å². The first-order chi connectivity index (χ1) is 18.3. The summed E-state index contributed by atoms with van der Waals surface area (Å²) in [4.78, 5) is 31.6. The van der Waals surface area contributed by atoms with Crippen LogP contribution in [0.4, 0.5) is 5.69 Å². The second kappa shape index (κ2) is 11.1. The van der Waals surface area contributed by atoms with Crippen molar-refractivity contribution in [3.05, 3.63) is 104 Å². The summed E-state index contributed by atoms with van der Waals surface area (Å²) in [7, 11) is 0. The van der Waals surface area contributed by atoms with Gasteiger partial charge in [0.2, 0.25) is 5.91 Å². The molecule has 0 bridgehead atoms. The van der Waals surface area contributed by atoms with Crippen molar-refractivity contribution < 1.29 is 4.79 Å². The van der Waals surface area contributed by atoms with Gasteiger partial charge >= 0.3 is 0 Å². The summed E-state index contributed by atoms with van der Waals surface area (Å²) in [6.07, 6.45) is 0.932. The summed E-state index contributed by atoms with van der Waals surface area (Å²) < 4.78 is 4.43. The maximum Gasteiger partial charge on any atom is 0.278 e. The van der Waals surface area contributed by atoms with Gasteiger partial charge in [-0.25, -0.2) is 4.98 Å². The van der Waals surface area contributed by atoms with Crippen LogP contribution in [-0.2, 0) is 11.2 Å². The van der Waals surface area contributed by atoms with E-state index in [-0.39, 0.29) is 17.2 Å². The maximum absolute atomic E-state index is 13.9. The van der Waals surface area contributed by atoms with Crippen LogP contribution in [0, 0.1) is 17.8 Å². The van der Waals surface area contributed by atoms with Gasteiger partial charge in [-0.2, -0.15) is 0 Å². The lowest BCUT2D eigenvalue weighted by Crippen LogP contribution is -2.22. The van der Waals surface area contributed by atoms with Crippen LogP contribution in [0.25, 0.3) is 21.7 Å². The van der Waals surface area contributed by atoms with E-state index < -0.39 is 0 Å². The van der Waals surface area contributed by atoms with Gasteiger partial charge in [0.15, 0.2) is 14.8 Å². The molecule has 6 nitrogen and oxygen atoms in total. The van der Waals surface area contributed by atoms with Gasteiger partial charge in [-0.15, -0.1) is 0 Å². The van der Waals surface area contributed by atoms with Gasteiger partial charge in [-0.1, -0.05) is 77.5 Å². The number of thiazole rings is 1. The molecule has 0 saturated heterocycles. The minimum atomic E-state index is -0.208. The Balaban J connectivity index is 1.58. The van der Waals surface area contributed by atoms with E-state index in [0.717, 1.165) is 28.9 Å². The lowest BCUT2D eigenvalue weighted by atomic mass is 10.1. The molecule has 9 heteroatoms. The van der Waals surface area contributed by atoms with E-state index >= 15 is 0 Å². The van der Waals surface area contributed by atoms with Crippen molar-refractivity contribution in [2.75, 3.05) is 11.1 Å². The number of carbonyl (C=O) groups is 1. The predicted octanol–water partition coefficient (Wildman–Crippen LogP) is 6.88. The highest BCUT2D eigenvalue weighted by Gasteiger charge is 2.20. The quantitative estimate of drug-likeness (QED) is 0.134. The first-order valence-electron chi connectivity index (χ1n) is 12.2. The molecular weight excluding hydrogens is 533 g/mol. The van der Waals surface area contributed by atoms with E-state index in [1.54, 1.807) is 4.57 Å². The number of hydrogen-bond donors (Lipinski definition) is 1. The number of nitrogens with one attached hydrogen (secondary N) is 1. The number of rotatable bonds is 7. The normalized spacial score (nSPS) is 11.1. The molecule has 38 heavy (non-hydrogen) atoms. The van der Waals surface area contributed by atoms with Crippen LogP contribution in [0.2, 0.25) is 0 Å². The van der Waals surface area contributed by atoms with Crippen molar-refractivity contribution >= 4 is 57.3 Å². The molecule has 0 aliphatic heterocycles. The molecule has 5 aromatic rings. The SMILES string of the molecule is CCc1ccc(-n2c(=S)sc3c(=O)n(-c4ccc(C)cc4)c(SCC(=O)Nc4ccc(C)cc4)nc32)cc1. The zero-order valence-corrected chi connectivity index (χ0v) is 23.7. The fourth-order valence-electron chi connectivity index (χ4n) is 4.03. The fourth-order valence-corrected chi connectivity index (χ4v) is 6.13. The molecule has 0 fully saturated rings. The van der Waals surface area contributed by atoms with E-state index in [1.165, 1.54) is 28.7 Å². The van der Waals surface area contributed by atoms with Crippen molar-refractivity contribution in [1.82, 2.24) is 14.1 Å². The Morgan fingerprint density at radius 3 is 2.13 bits per heavy atom. The molecule has 1 amide bonds. The van der Waals surface area contributed by atoms with Crippen LogP contribution in [0.1, 0.15) is 23.6 Å². The smallest absolute Gasteiger partial charge is 0.278 e. The van der Waals surface area contributed by atoms with Crippen molar-refractivity contribution in [3.8, 4) is 11.4 Å². The van der Waals surface area contributed by atoms with Crippen molar-refractivity contribution in [1.29, 1.82) is 0 Å². The summed E-state index contributed by atoms with van der Waals surface area (Å²) in [5, 5.41) is 3.34. The Morgan fingerprint density at radius 1 is 0.921 bits per heavy atom. The molecule has 3 aromatic carbocycles. The maximum atomic E-state index is 13.9. The van der Waals surface area contributed by atoms with Crippen LogP contribution in [0.5, 0.6) is 0 Å². The Morgan fingerprint density at radius 2 is 1.50 bits per heavy atom. The van der Waals surface area contributed by atoms with Crippen LogP contribution in [-0.4, -0.2) is 25.8 Å². The van der Waals surface area contributed by atoms with Crippen molar-refractivity contribution in [3.63, 3.8) is 0 Å². The van der Waals surface area contributed by atoms with E-state index in [2.05, 4.69) is 24.4 Å². The lowest BCUT2D eigenvalue weighted by Gasteiger charge is -2.13. The number of carbonyl (C=O) groups excluding carboxylic acids is 1. The minimum Gasteiger partial charge on any atom is -0.325 e. The van der Waals surface area contributed by atoms with Crippen LogP contribution >= 0.6 is 35.3 Å². The highest BCUT2D eigenvalue weighted by atomic mass is 32.2. The predicted molar refractivity (Wildman–Crippen MR) is 160 cm³/mol. The molecule has 0 radical (unpaired) electrons. The summed E-state index contributed by atoms with van der Waals surface area (Å²) in [5.74, 6) is -0.0886. The Hall–Kier alpha value is -3.53. The number of aryl methyl sites for hydroxylation is 3. The molecule has 0 unspecified atom stereocenters. The number of benzene rings is 3. The molecule has 192 valence electrons. The summed E-state index contributed by atoms with van der Waals surface area (Å²) >= 11 is 8.16. The molecule has 0 saturated carbocycles. The Bertz CT molecular complexity index is 1730. The van der Waals surface area contributed by atoms with E-state index in [4.69, 9.17) is 17.2 Å². The Kier molecular flexibility index (Phi) is 7.60. The molecule has 1 N–H and O–H groups in total. The minimum absolute atomic E-state index is 0.0910. The highest BCUT2D eigenvalue weighted by molar-refractivity contribution is 7.99. The zero-order valence-electron chi connectivity index (χ0n) is 21.2. The number of anilines is 1. The van der Waals surface area contributed by atoms with E-state index in [1.807, 2.05) is 79.1 Å². The molecule has 2 aromatic heterocycles. The van der Waals surface area contributed by atoms with Gasteiger partial charge in [0.25, 0.3) is 5.56 Å². The highest BCUT2D eigenvalue weighted by Crippen LogP contribution is 2.28. The number of thioether (sulfide) groups is 1. The van der Waals surface area contributed by atoms with E-state index in [9.17, 15) is 9.59 Å². The summed E-state index contributed by atoms with van der Waals surface area (Å²) in [5.41, 5.74) is 5.97. The van der Waals surface area contributed by atoms with Gasteiger partial charge < -0.3 is 5.32 Å². The third-order valence-corrected chi connectivity index (χ3v) is 8.43. The monoisotopic (exact) mass is 558 g/mol. The number of amides is 1. The van der Waals surface area contributed by atoms with E-state index in [0.29, 0.717) is 25.1 Å². The van der Waals surface area contributed by atoms with Crippen LogP contribution in [0.3, 0.4) is 0 Å². The molecule has 0 aliphatic rings. The third kappa shape index (κ3) is 5.36. The number of nitrogens with zero attached hydrogens (tertiary/aromatic N) is 3. The average Bonchev–Trinajstić information content (AvgIpc) is 3.25. The lowest BCUT2D eigenvalue weighted by molar-refractivity contribution is -0.113. The molecule has 5 rings (SSSR count). The van der Waals surface area contributed by atoms with Crippen LogP contribution in [0.15, 0.2) is 82.7 Å². The topological polar surface area (TPSA) is 68.9 Å². The van der Waals surface area contributed by atoms with Gasteiger partial charge in [0, 0.05) is 11.4 Å². The molecule has 0 atom stereocenters. The largest absolute Gasteiger partial charge is 0.325 e. The zero-order chi connectivity index (χ0) is 26.8. The molecule has 2 heterocycles.